The second-order valence-corrected chi connectivity index (χ2v) is 12.2. The number of nitrogens with one attached hydrogen (secondary N) is 3. The van der Waals surface area contributed by atoms with Gasteiger partial charge in [-0.1, -0.05) is 12.1 Å². The Bertz CT molecular complexity index is 1460. The topological polar surface area (TPSA) is 117 Å². The highest BCUT2D eigenvalue weighted by molar-refractivity contribution is 7.89. The molecule has 10 heteroatoms. The lowest BCUT2D eigenvalue weighted by Gasteiger charge is -2.18. The zero-order valence-electron chi connectivity index (χ0n) is 19.2. The van der Waals surface area contributed by atoms with Crippen molar-refractivity contribution in [2.24, 2.45) is 0 Å². The number of benzene rings is 1. The number of rotatable bonds is 5. The minimum atomic E-state index is -3.88. The van der Waals surface area contributed by atoms with Crippen molar-refractivity contribution in [2.45, 2.75) is 57.1 Å². The first-order chi connectivity index (χ1) is 16.1. The van der Waals surface area contributed by atoms with Gasteiger partial charge in [-0.2, -0.15) is 0 Å². The molecule has 5 rings (SSSR count). The van der Waals surface area contributed by atoms with E-state index in [0.29, 0.717) is 10.8 Å². The van der Waals surface area contributed by atoms with Crippen LogP contribution in [0, 0.1) is 0 Å². The molecular weight excluding hydrogens is 472 g/mol. The number of para-hydroxylation sites is 2. The van der Waals surface area contributed by atoms with E-state index in [0.717, 1.165) is 42.3 Å². The van der Waals surface area contributed by atoms with Crippen LogP contribution >= 0.6 is 11.3 Å². The second kappa shape index (κ2) is 8.37. The minimum absolute atomic E-state index is 0.0730. The molecule has 34 heavy (non-hydrogen) atoms. The Labute approximate surface area is 201 Å². The van der Waals surface area contributed by atoms with Crippen molar-refractivity contribution < 1.29 is 17.6 Å². The number of furan rings is 1. The van der Waals surface area contributed by atoms with Gasteiger partial charge in [0.25, 0.3) is 15.9 Å². The highest BCUT2D eigenvalue weighted by atomic mass is 32.2. The lowest BCUT2D eigenvalue weighted by molar-refractivity contribution is 0.0992. The molecule has 0 atom stereocenters. The Kier molecular flexibility index (Phi) is 5.62. The van der Waals surface area contributed by atoms with E-state index in [9.17, 15) is 13.2 Å². The maximum atomic E-state index is 13.1. The average molecular weight is 499 g/mol. The molecule has 1 aliphatic rings. The number of anilines is 1. The van der Waals surface area contributed by atoms with Gasteiger partial charge >= 0.3 is 0 Å². The quantitative estimate of drug-likeness (QED) is 0.354. The van der Waals surface area contributed by atoms with Gasteiger partial charge in [-0.3, -0.25) is 4.79 Å². The number of H-pyrrole nitrogens is 1. The lowest BCUT2D eigenvalue weighted by Crippen LogP contribution is -2.40. The van der Waals surface area contributed by atoms with E-state index in [4.69, 9.17) is 9.40 Å². The maximum Gasteiger partial charge on any atom is 0.292 e. The number of nitrogens with zero attached hydrogens (tertiary/aromatic N) is 1. The number of sulfonamides is 1. The van der Waals surface area contributed by atoms with E-state index in [1.807, 2.05) is 24.3 Å². The monoisotopic (exact) mass is 498 g/mol. The van der Waals surface area contributed by atoms with Crippen LogP contribution in [0.4, 0.5) is 5.00 Å². The fourth-order valence-electron chi connectivity index (χ4n) is 4.18. The van der Waals surface area contributed by atoms with Crippen molar-refractivity contribution in [1.82, 2.24) is 14.7 Å². The molecule has 3 aromatic heterocycles. The number of fused-ring (bicyclic) bond motifs is 2. The Hall–Kier alpha value is -2.95. The summed E-state index contributed by atoms with van der Waals surface area (Å²) in [7, 11) is -3.88. The first-order valence-corrected chi connectivity index (χ1v) is 13.5. The molecule has 0 saturated carbocycles. The molecule has 0 aliphatic heterocycles. The standard InChI is InChI=1S/C24H26N4O4S2/c1-24(2,3)28-34(30,31)19-13-12-17(32-19)22(29)27-23-20(14-8-4-7-11-18(14)33-23)21-25-15-9-5-6-10-16(15)26-21/h5-6,9-10,12-13,28H,4,7-8,11H2,1-3H3,(H,25,26)(H,27,29). The highest BCUT2D eigenvalue weighted by Gasteiger charge is 2.28. The van der Waals surface area contributed by atoms with E-state index in [2.05, 4.69) is 15.0 Å². The van der Waals surface area contributed by atoms with Crippen LogP contribution in [0.1, 0.15) is 54.6 Å². The minimum Gasteiger partial charge on any atom is -0.438 e. The zero-order valence-corrected chi connectivity index (χ0v) is 20.8. The van der Waals surface area contributed by atoms with E-state index < -0.39 is 21.5 Å². The summed E-state index contributed by atoms with van der Waals surface area (Å²) < 4.78 is 33.1. The number of aryl methyl sites for hydroxylation is 1. The van der Waals surface area contributed by atoms with Gasteiger partial charge in [-0.15, -0.1) is 11.3 Å². The molecule has 0 saturated heterocycles. The number of hydrogen-bond donors (Lipinski definition) is 3. The number of carbonyl (C=O) groups excluding carboxylic acids is 1. The summed E-state index contributed by atoms with van der Waals surface area (Å²) in [6.07, 6.45) is 4.09. The number of amides is 1. The second-order valence-electron chi connectivity index (χ2n) is 9.45. The molecule has 1 aromatic carbocycles. The average Bonchev–Trinajstić information content (AvgIpc) is 3.48. The van der Waals surface area contributed by atoms with Crippen molar-refractivity contribution in [3.8, 4) is 11.4 Å². The zero-order chi connectivity index (χ0) is 24.1. The van der Waals surface area contributed by atoms with Crippen molar-refractivity contribution in [3.63, 3.8) is 0 Å². The SMILES string of the molecule is CC(C)(C)NS(=O)(=O)c1ccc(C(=O)Nc2sc3c(c2-c2nc4ccccc4[nH]2)CCCC3)o1. The smallest absolute Gasteiger partial charge is 0.292 e. The molecule has 4 aromatic rings. The van der Waals surface area contributed by atoms with Crippen molar-refractivity contribution in [1.29, 1.82) is 0 Å². The molecule has 1 amide bonds. The number of aromatic nitrogens is 2. The number of imidazole rings is 1. The number of carbonyl (C=O) groups is 1. The van der Waals surface area contributed by atoms with Crippen molar-refractivity contribution in [3.05, 3.63) is 52.6 Å². The largest absolute Gasteiger partial charge is 0.438 e. The summed E-state index contributed by atoms with van der Waals surface area (Å²) in [5.74, 6) is 0.136. The van der Waals surface area contributed by atoms with E-state index in [-0.39, 0.29) is 10.9 Å². The van der Waals surface area contributed by atoms with Crippen LogP contribution in [0.15, 0.2) is 45.9 Å². The first kappa shape index (κ1) is 22.8. The highest BCUT2D eigenvalue weighted by Crippen LogP contribution is 2.44. The van der Waals surface area contributed by atoms with Crippen LogP contribution in [-0.4, -0.2) is 29.8 Å². The van der Waals surface area contributed by atoms with Crippen molar-refractivity contribution in [2.75, 3.05) is 5.32 Å². The Morgan fingerprint density at radius 2 is 1.88 bits per heavy atom. The fraction of sp³-hybridized carbons (Fsp3) is 0.333. The number of aromatic amines is 1. The fourth-order valence-corrected chi connectivity index (χ4v) is 6.82. The van der Waals surface area contributed by atoms with Gasteiger partial charge in [-0.05, 0) is 76.3 Å². The van der Waals surface area contributed by atoms with Crippen LogP contribution in [0.5, 0.6) is 0 Å². The molecule has 0 spiro atoms. The molecule has 0 radical (unpaired) electrons. The summed E-state index contributed by atoms with van der Waals surface area (Å²) in [5, 5.41) is 3.34. The Balaban J connectivity index is 1.48. The van der Waals surface area contributed by atoms with Gasteiger partial charge in [0.05, 0.1) is 16.6 Å². The third-order valence-corrected chi connectivity index (χ3v) is 8.37. The van der Waals surface area contributed by atoms with Crippen LogP contribution < -0.4 is 10.0 Å². The van der Waals surface area contributed by atoms with Crippen molar-refractivity contribution >= 4 is 43.3 Å². The molecule has 0 unspecified atom stereocenters. The van der Waals surface area contributed by atoms with Gasteiger partial charge in [0.15, 0.2) is 5.76 Å². The van der Waals surface area contributed by atoms with E-state index in [1.54, 1.807) is 32.1 Å². The Morgan fingerprint density at radius 1 is 1.12 bits per heavy atom. The van der Waals surface area contributed by atoms with E-state index in [1.165, 1.54) is 22.6 Å². The van der Waals surface area contributed by atoms with Gasteiger partial charge < -0.3 is 14.7 Å². The van der Waals surface area contributed by atoms with Crippen LogP contribution in [-0.2, 0) is 22.9 Å². The van der Waals surface area contributed by atoms with Crippen LogP contribution in [0.2, 0.25) is 0 Å². The van der Waals surface area contributed by atoms with Gasteiger partial charge in [0, 0.05) is 10.4 Å². The lowest BCUT2D eigenvalue weighted by atomic mass is 9.95. The molecule has 0 bridgehead atoms. The summed E-state index contributed by atoms with van der Waals surface area (Å²) >= 11 is 1.55. The molecule has 3 heterocycles. The maximum absolute atomic E-state index is 13.1. The summed E-state index contributed by atoms with van der Waals surface area (Å²) in [4.78, 5) is 22.5. The van der Waals surface area contributed by atoms with Crippen LogP contribution in [0.25, 0.3) is 22.4 Å². The molecule has 3 N–H and O–H groups in total. The predicted molar refractivity (Wildman–Crippen MR) is 133 cm³/mol. The summed E-state index contributed by atoms with van der Waals surface area (Å²) in [6, 6.07) is 10.5. The van der Waals surface area contributed by atoms with Gasteiger partial charge in [0.2, 0.25) is 5.09 Å². The molecule has 8 nitrogen and oxygen atoms in total. The van der Waals surface area contributed by atoms with Gasteiger partial charge in [0.1, 0.15) is 10.8 Å². The number of hydrogen-bond acceptors (Lipinski definition) is 6. The van der Waals surface area contributed by atoms with E-state index >= 15 is 0 Å². The predicted octanol–water partition coefficient (Wildman–Crippen LogP) is 5.09. The summed E-state index contributed by atoms with van der Waals surface area (Å²) in [6.45, 7) is 5.21. The molecular formula is C24H26N4O4S2. The first-order valence-electron chi connectivity index (χ1n) is 11.2. The molecule has 1 aliphatic carbocycles. The third kappa shape index (κ3) is 4.40. The van der Waals surface area contributed by atoms with Crippen LogP contribution in [0.3, 0.4) is 0 Å². The molecule has 0 fully saturated rings. The number of thiophene rings is 1. The molecule has 178 valence electrons. The Morgan fingerprint density at radius 3 is 2.65 bits per heavy atom. The van der Waals surface area contributed by atoms with Gasteiger partial charge in [-0.25, -0.2) is 18.1 Å². The normalized spacial score (nSPS) is 14.3. The third-order valence-electron chi connectivity index (χ3n) is 5.54. The summed E-state index contributed by atoms with van der Waals surface area (Å²) in [5.41, 5.74) is 3.22.